The standard InChI is InChI=1S/C37H43F2N4O5/c1-40(28-19-26(38)18-27(39)20-28)37(45)34-25-42(29-21-31(46-2)23-32(22-29)47-3)35-24-30(8-9-33(35)36(34)44)48-17-7-5-4-6-13-43-14-10-41(11-15-43)12-16-43/h8-9,18-25H,4-7,10-17H2,1-3H3/q+1. The van der Waals surface area contributed by atoms with Crippen LogP contribution in [0.4, 0.5) is 14.5 Å². The maximum Gasteiger partial charge on any atom is 0.263 e. The number of nitrogens with zero attached hydrogens (tertiary/aromatic N) is 4. The summed E-state index contributed by atoms with van der Waals surface area (Å²) in [7, 11) is 4.44. The van der Waals surface area contributed by atoms with Crippen LogP contribution >= 0.6 is 0 Å². The summed E-state index contributed by atoms with van der Waals surface area (Å²) in [5, 5.41) is 0.278. The van der Waals surface area contributed by atoms with E-state index >= 15 is 0 Å². The molecule has 2 bridgehead atoms. The van der Waals surface area contributed by atoms with Crippen LogP contribution in [0, 0.1) is 11.6 Å². The molecule has 3 aromatic carbocycles. The molecule has 7 rings (SSSR count). The molecule has 9 nitrogen and oxygen atoms in total. The Bertz CT molecular complexity index is 1800. The van der Waals surface area contributed by atoms with Crippen molar-refractivity contribution in [3.8, 4) is 22.9 Å². The van der Waals surface area contributed by atoms with E-state index in [0.29, 0.717) is 35.1 Å². The molecule has 0 atom stereocenters. The number of anilines is 1. The summed E-state index contributed by atoms with van der Waals surface area (Å²) in [6, 6.07) is 13.2. The van der Waals surface area contributed by atoms with Gasteiger partial charge in [0.2, 0.25) is 5.43 Å². The fourth-order valence-corrected chi connectivity index (χ4v) is 6.88. The average Bonchev–Trinajstić information content (AvgIpc) is 3.10. The van der Waals surface area contributed by atoms with E-state index in [4.69, 9.17) is 14.2 Å². The molecule has 3 aliphatic rings. The highest BCUT2D eigenvalue weighted by atomic mass is 19.1. The fraction of sp³-hybridized carbons (Fsp3) is 0.405. The minimum atomic E-state index is -0.833. The van der Waals surface area contributed by atoms with Gasteiger partial charge in [0.1, 0.15) is 34.4 Å². The maximum atomic E-state index is 14.0. The zero-order valence-corrected chi connectivity index (χ0v) is 27.8. The van der Waals surface area contributed by atoms with Crippen LogP contribution in [0.3, 0.4) is 0 Å². The number of aromatic nitrogens is 1. The first-order valence-corrected chi connectivity index (χ1v) is 16.6. The SMILES string of the molecule is COc1cc(OC)cc(-n2cc(C(=O)N(C)c3cc(F)cc(F)c3)c(=O)c3ccc(OCCCCCC[N+]45CCN(CC4)CC5)cc32)c1. The lowest BCUT2D eigenvalue weighted by Crippen LogP contribution is -2.67. The van der Waals surface area contributed by atoms with E-state index in [1.54, 1.807) is 41.0 Å². The summed E-state index contributed by atoms with van der Waals surface area (Å²) in [6.45, 7) is 9.40. The molecule has 0 saturated carbocycles. The van der Waals surface area contributed by atoms with Crippen LogP contribution in [0.15, 0.2) is 65.6 Å². The predicted octanol–water partition coefficient (Wildman–Crippen LogP) is 5.65. The van der Waals surface area contributed by atoms with Crippen molar-refractivity contribution in [3.63, 3.8) is 0 Å². The number of hydrogen-bond donors (Lipinski definition) is 0. The van der Waals surface area contributed by atoms with Gasteiger partial charge in [0.05, 0.1) is 58.2 Å². The van der Waals surface area contributed by atoms with Gasteiger partial charge in [-0.3, -0.25) is 14.5 Å². The van der Waals surface area contributed by atoms with E-state index in [9.17, 15) is 18.4 Å². The van der Waals surface area contributed by atoms with Gasteiger partial charge in [0.15, 0.2) is 0 Å². The van der Waals surface area contributed by atoms with Gasteiger partial charge < -0.3 is 28.2 Å². The van der Waals surface area contributed by atoms with E-state index in [2.05, 4.69) is 4.90 Å². The lowest BCUT2D eigenvalue weighted by atomic mass is 10.1. The highest BCUT2D eigenvalue weighted by Gasteiger charge is 2.37. The molecule has 3 fully saturated rings. The summed E-state index contributed by atoms with van der Waals surface area (Å²) < 4.78 is 48.1. The first-order valence-electron chi connectivity index (χ1n) is 16.6. The van der Waals surface area contributed by atoms with Gasteiger partial charge in [-0.05, 0) is 49.9 Å². The molecule has 0 unspecified atom stereocenters. The molecule has 4 aromatic rings. The topological polar surface area (TPSA) is 73.2 Å². The van der Waals surface area contributed by atoms with E-state index in [0.717, 1.165) is 35.9 Å². The van der Waals surface area contributed by atoms with Crippen molar-refractivity contribution < 1.29 is 32.3 Å². The van der Waals surface area contributed by atoms with E-state index < -0.39 is 23.0 Å². The number of fused-ring (bicyclic) bond motifs is 4. The number of benzene rings is 3. The van der Waals surface area contributed by atoms with Gasteiger partial charge >= 0.3 is 0 Å². The Morgan fingerprint density at radius 3 is 2.12 bits per heavy atom. The van der Waals surface area contributed by atoms with Gasteiger partial charge in [-0.15, -0.1) is 0 Å². The minimum absolute atomic E-state index is 0.0200. The molecule has 1 aromatic heterocycles. The van der Waals surface area contributed by atoms with Gasteiger partial charge in [-0.2, -0.15) is 0 Å². The second kappa shape index (κ2) is 14.3. The first kappa shape index (κ1) is 33.4. The summed E-state index contributed by atoms with van der Waals surface area (Å²) in [5.41, 5.74) is 0.371. The summed E-state index contributed by atoms with van der Waals surface area (Å²) in [6.07, 6.45) is 5.85. The van der Waals surface area contributed by atoms with Crippen molar-refractivity contribution in [3.05, 3.63) is 88.2 Å². The fourth-order valence-electron chi connectivity index (χ4n) is 6.88. The second-order valence-corrected chi connectivity index (χ2v) is 12.8. The van der Waals surface area contributed by atoms with Gasteiger partial charge in [0.25, 0.3) is 5.91 Å². The van der Waals surface area contributed by atoms with Crippen molar-refractivity contribution in [2.75, 3.05) is 78.6 Å². The molecule has 4 heterocycles. The number of ether oxygens (including phenoxy) is 3. The number of methoxy groups -OCH3 is 2. The van der Waals surface area contributed by atoms with Crippen molar-refractivity contribution >= 4 is 22.5 Å². The molecule has 1 amide bonds. The number of piperazine rings is 3. The molecule has 3 aliphatic heterocycles. The molecule has 0 N–H and O–H groups in total. The predicted molar refractivity (Wildman–Crippen MR) is 182 cm³/mol. The maximum absolute atomic E-state index is 14.0. The van der Waals surface area contributed by atoms with Crippen LogP contribution < -0.4 is 24.5 Å². The Kier molecular flexibility index (Phi) is 9.98. The molecule has 11 heteroatoms. The Morgan fingerprint density at radius 1 is 0.833 bits per heavy atom. The average molecular weight is 662 g/mol. The zero-order chi connectivity index (χ0) is 33.8. The normalized spacial score (nSPS) is 18.6. The van der Waals surface area contributed by atoms with Crippen LogP contribution in [0.25, 0.3) is 16.6 Å². The summed E-state index contributed by atoms with van der Waals surface area (Å²) >= 11 is 0. The number of rotatable bonds is 13. The van der Waals surface area contributed by atoms with Gasteiger partial charge in [0, 0.05) is 74.3 Å². The van der Waals surface area contributed by atoms with Crippen molar-refractivity contribution in [2.45, 2.75) is 25.7 Å². The third-order valence-electron chi connectivity index (χ3n) is 9.83. The number of amides is 1. The largest absolute Gasteiger partial charge is 0.497 e. The number of halogens is 2. The van der Waals surface area contributed by atoms with Crippen LogP contribution in [0.1, 0.15) is 36.0 Å². The Balaban J connectivity index is 1.23. The van der Waals surface area contributed by atoms with Crippen molar-refractivity contribution in [1.29, 1.82) is 0 Å². The third kappa shape index (κ3) is 7.17. The number of unbranched alkanes of at least 4 members (excludes halogenated alkanes) is 3. The molecule has 0 aliphatic carbocycles. The Labute approximate surface area is 279 Å². The molecule has 254 valence electrons. The monoisotopic (exact) mass is 661 g/mol. The van der Waals surface area contributed by atoms with Crippen molar-refractivity contribution in [1.82, 2.24) is 9.47 Å². The van der Waals surface area contributed by atoms with E-state index in [1.807, 2.05) is 0 Å². The number of carbonyl (C=O) groups excluding carboxylic acids is 1. The third-order valence-corrected chi connectivity index (χ3v) is 9.83. The molecular formula is C37H43F2N4O5+. The molecule has 0 spiro atoms. The second-order valence-electron chi connectivity index (χ2n) is 12.8. The summed E-state index contributed by atoms with van der Waals surface area (Å²) in [4.78, 5) is 31.1. The Morgan fingerprint density at radius 2 is 1.48 bits per heavy atom. The number of carbonyl (C=O) groups is 1. The number of hydrogen-bond acceptors (Lipinski definition) is 6. The number of pyridine rings is 1. The van der Waals surface area contributed by atoms with Crippen LogP contribution in [-0.2, 0) is 0 Å². The lowest BCUT2D eigenvalue weighted by Gasteiger charge is -2.50. The van der Waals surface area contributed by atoms with E-state index in [1.165, 1.54) is 90.6 Å². The van der Waals surface area contributed by atoms with Crippen LogP contribution in [-0.4, -0.2) is 93.5 Å². The molecular weight excluding hydrogens is 618 g/mol. The minimum Gasteiger partial charge on any atom is -0.497 e. The molecule has 3 saturated heterocycles. The quantitative estimate of drug-likeness (QED) is 0.136. The first-order chi connectivity index (χ1) is 23.2. The van der Waals surface area contributed by atoms with Crippen LogP contribution in [0.2, 0.25) is 0 Å². The summed E-state index contributed by atoms with van der Waals surface area (Å²) in [5.74, 6) is -0.766. The zero-order valence-electron chi connectivity index (χ0n) is 27.8. The Hall–Kier alpha value is -4.48. The highest BCUT2D eigenvalue weighted by Crippen LogP contribution is 2.30. The lowest BCUT2D eigenvalue weighted by molar-refractivity contribution is -0.941. The number of quaternary nitrogens is 1. The van der Waals surface area contributed by atoms with Crippen LogP contribution in [0.5, 0.6) is 17.2 Å². The van der Waals surface area contributed by atoms with Gasteiger partial charge in [-0.25, -0.2) is 8.78 Å². The van der Waals surface area contributed by atoms with Crippen molar-refractivity contribution in [2.24, 2.45) is 0 Å². The smallest absolute Gasteiger partial charge is 0.263 e. The van der Waals surface area contributed by atoms with E-state index in [-0.39, 0.29) is 16.6 Å². The molecule has 48 heavy (non-hydrogen) atoms. The highest BCUT2D eigenvalue weighted by molar-refractivity contribution is 6.07. The molecule has 0 radical (unpaired) electrons. The van der Waals surface area contributed by atoms with Gasteiger partial charge in [-0.1, -0.05) is 0 Å².